The summed E-state index contributed by atoms with van der Waals surface area (Å²) in [4.78, 5) is 12.0. The molecule has 7 heteroatoms. The molecular weight excluding hydrogens is 395 g/mol. The maximum atomic E-state index is 13.3. The van der Waals surface area contributed by atoms with Crippen molar-refractivity contribution in [2.24, 2.45) is 5.10 Å². The molecule has 0 aliphatic heterocycles. The molecule has 0 bridgehead atoms. The number of hydrogen-bond donors (Lipinski definition) is 1. The number of para-hydroxylation sites is 2. The third kappa shape index (κ3) is 5.22. The van der Waals surface area contributed by atoms with Crippen LogP contribution in [0, 0.1) is 5.82 Å². The van der Waals surface area contributed by atoms with Crippen LogP contribution >= 0.6 is 0 Å². The number of ether oxygens (including phenoxy) is 1. The Hall–Kier alpha value is -4.26. The first-order valence-corrected chi connectivity index (χ1v) is 9.60. The number of aromatic nitrogens is 2. The molecule has 1 N–H and O–H groups in total. The van der Waals surface area contributed by atoms with Gasteiger partial charge in [-0.05, 0) is 48.5 Å². The lowest BCUT2D eigenvalue weighted by atomic mass is 10.1. The van der Waals surface area contributed by atoms with Crippen LogP contribution in [0.25, 0.3) is 16.9 Å². The summed E-state index contributed by atoms with van der Waals surface area (Å²) in [5.41, 5.74) is 5.33. The molecule has 4 rings (SSSR count). The first-order valence-electron chi connectivity index (χ1n) is 9.60. The minimum atomic E-state index is -0.390. The molecule has 0 fully saturated rings. The maximum Gasteiger partial charge on any atom is 0.277 e. The second-order valence-electron chi connectivity index (χ2n) is 6.61. The van der Waals surface area contributed by atoms with E-state index >= 15 is 0 Å². The quantitative estimate of drug-likeness (QED) is 0.364. The fraction of sp³-hybridized carbons (Fsp3) is 0.0417. The highest BCUT2D eigenvalue weighted by Gasteiger charge is 2.11. The van der Waals surface area contributed by atoms with Gasteiger partial charge in [-0.3, -0.25) is 4.79 Å². The van der Waals surface area contributed by atoms with Crippen LogP contribution in [-0.2, 0) is 4.79 Å². The summed E-state index contributed by atoms with van der Waals surface area (Å²) >= 11 is 0. The Morgan fingerprint density at radius 3 is 2.39 bits per heavy atom. The van der Waals surface area contributed by atoms with Crippen molar-refractivity contribution in [3.05, 3.63) is 103 Å². The molecule has 1 heterocycles. The van der Waals surface area contributed by atoms with Crippen LogP contribution in [0.15, 0.2) is 96.2 Å². The number of halogens is 1. The Morgan fingerprint density at radius 2 is 1.68 bits per heavy atom. The zero-order valence-corrected chi connectivity index (χ0v) is 16.5. The Bertz CT molecular complexity index is 1170. The molecule has 0 spiro atoms. The minimum Gasteiger partial charge on any atom is -0.484 e. The van der Waals surface area contributed by atoms with Crippen LogP contribution < -0.4 is 10.2 Å². The number of hydrogen-bond acceptors (Lipinski definition) is 4. The summed E-state index contributed by atoms with van der Waals surface area (Å²) in [6, 6.07) is 24.7. The molecule has 0 aliphatic carbocycles. The molecule has 0 aliphatic rings. The van der Waals surface area contributed by atoms with Crippen molar-refractivity contribution < 1.29 is 13.9 Å². The maximum absolute atomic E-state index is 13.3. The third-order valence-corrected chi connectivity index (χ3v) is 4.39. The standard InChI is InChI=1S/C24H19FN4O2/c25-20-13-11-18(12-14-20)24-19(16-29(28-24)21-7-3-1-4-8-21)15-26-27-23(30)17-31-22-9-5-2-6-10-22/h1-16H,17H2,(H,27,30)/b26-15+. The van der Waals surface area contributed by atoms with Crippen LogP contribution in [0.3, 0.4) is 0 Å². The minimum absolute atomic E-state index is 0.157. The first kappa shape index (κ1) is 20.0. The van der Waals surface area contributed by atoms with E-state index in [9.17, 15) is 9.18 Å². The highest BCUT2D eigenvalue weighted by atomic mass is 19.1. The Kier molecular flexibility index (Phi) is 6.13. The van der Waals surface area contributed by atoms with Gasteiger partial charge in [0, 0.05) is 17.3 Å². The van der Waals surface area contributed by atoms with E-state index in [4.69, 9.17) is 4.74 Å². The average molecular weight is 414 g/mol. The van der Waals surface area contributed by atoms with E-state index in [0.717, 1.165) is 11.3 Å². The van der Waals surface area contributed by atoms with Crippen molar-refractivity contribution >= 4 is 12.1 Å². The molecule has 0 saturated heterocycles. The predicted molar refractivity (Wildman–Crippen MR) is 117 cm³/mol. The lowest BCUT2D eigenvalue weighted by Crippen LogP contribution is -2.24. The topological polar surface area (TPSA) is 68.5 Å². The SMILES string of the molecule is O=C(COc1ccccc1)N/N=C/c1cn(-c2ccccc2)nc1-c1ccc(F)cc1. The number of benzene rings is 3. The molecule has 3 aromatic carbocycles. The highest BCUT2D eigenvalue weighted by molar-refractivity contribution is 5.89. The normalized spacial score (nSPS) is 10.9. The largest absolute Gasteiger partial charge is 0.484 e. The lowest BCUT2D eigenvalue weighted by molar-refractivity contribution is -0.123. The van der Waals surface area contributed by atoms with Gasteiger partial charge in [-0.1, -0.05) is 36.4 Å². The number of rotatable bonds is 7. The van der Waals surface area contributed by atoms with E-state index in [-0.39, 0.29) is 18.3 Å². The van der Waals surface area contributed by atoms with Crippen LogP contribution in [-0.4, -0.2) is 28.5 Å². The van der Waals surface area contributed by atoms with Gasteiger partial charge >= 0.3 is 0 Å². The van der Waals surface area contributed by atoms with Crippen molar-refractivity contribution in [2.45, 2.75) is 0 Å². The molecule has 0 unspecified atom stereocenters. The van der Waals surface area contributed by atoms with Crippen molar-refractivity contribution in [2.75, 3.05) is 6.61 Å². The molecule has 0 saturated carbocycles. The summed E-state index contributed by atoms with van der Waals surface area (Å²) in [7, 11) is 0. The van der Waals surface area contributed by atoms with Crippen molar-refractivity contribution in [3.8, 4) is 22.7 Å². The van der Waals surface area contributed by atoms with Crippen molar-refractivity contribution in [1.29, 1.82) is 0 Å². The Balaban J connectivity index is 1.51. The average Bonchev–Trinajstić information content (AvgIpc) is 3.24. The molecule has 6 nitrogen and oxygen atoms in total. The van der Waals surface area contributed by atoms with E-state index in [1.54, 1.807) is 35.1 Å². The van der Waals surface area contributed by atoms with Gasteiger partial charge in [-0.15, -0.1) is 0 Å². The number of hydrazone groups is 1. The van der Waals surface area contributed by atoms with Crippen molar-refractivity contribution in [3.63, 3.8) is 0 Å². The predicted octanol–water partition coefficient (Wildman–Crippen LogP) is 4.21. The highest BCUT2D eigenvalue weighted by Crippen LogP contribution is 2.23. The third-order valence-electron chi connectivity index (χ3n) is 4.39. The van der Waals surface area contributed by atoms with Gasteiger partial charge in [0.15, 0.2) is 6.61 Å². The monoisotopic (exact) mass is 414 g/mol. The Labute approximate surface area is 178 Å². The van der Waals surface area contributed by atoms with E-state index in [0.29, 0.717) is 17.0 Å². The lowest BCUT2D eigenvalue weighted by Gasteiger charge is -2.04. The first-order chi connectivity index (χ1) is 15.2. The number of nitrogens with one attached hydrogen (secondary N) is 1. The second kappa shape index (κ2) is 9.49. The fourth-order valence-electron chi connectivity index (χ4n) is 2.90. The summed E-state index contributed by atoms with van der Waals surface area (Å²) in [6.45, 7) is -0.157. The van der Waals surface area contributed by atoms with Crippen LogP contribution in [0.1, 0.15) is 5.56 Å². The molecule has 0 atom stereocenters. The van der Waals surface area contributed by atoms with Gasteiger partial charge in [0.25, 0.3) is 5.91 Å². The van der Waals surface area contributed by atoms with Crippen molar-refractivity contribution in [1.82, 2.24) is 15.2 Å². The molecular formula is C24H19FN4O2. The van der Waals surface area contributed by atoms with Crippen LogP contribution in [0.5, 0.6) is 5.75 Å². The van der Waals surface area contributed by atoms with Gasteiger partial charge in [0.1, 0.15) is 17.3 Å². The van der Waals surface area contributed by atoms with E-state index in [2.05, 4.69) is 15.6 Å². The molecule has 1 aromatic heterocycles. The Morgan fingerprint density at radius 1 is 1.00 bits per heavy atom. The molecule has 1 amide bonds. The second-order valence-corrected chi connectivity index (χ2v) is 6.61. The number of carbonyl (C=O) groups is 1. The smallest absolute Gasteiger partial charge is 0.277 e. The molecule has 0 radical (unpaired) electrons. The molecule has 154 valence electrons. The summed E-state index contributed by atoms with van der Waals surface area (Å²) in [6.07, 6.45) is 3.30. The zero-order chi connectivity index (χ0) is 21.5. The van der Waals surface area contributed by atoms with E-state index in [1.807, 2.05) is 48.5 Å². The van der Waals surface area contributed by atoms with Crippen LogP contribution in [0.4, 0.5) is 4.39 Å². The van der Waals surface area contributed by atoms with Gasteiger partial charge < -0.3 is 4.74 Å². The molecule has 4 aromatic rings. The van der Waals surface area contributed by atoms with Gasteiger partial charge in [0.05, 0.1) is 11.9 Å². The van der Waals surface area contributed by atoms with Gasteiger partial charge in [-0.25, -0.2) is 14.5 Å². The van der Waals surface area contributed by atoms with Crippen LogP contribution in [0.2, 0.25) is 0 Å². The zero-order valence-electron chi connectivity index (χ0n) is 16.5. The number of nitrogens with zero attached hydrogens (tertiary/aromatic N) is 3. The number of carbonyl (C=O) groups excluding carboxylic acids is 1. The molecule has 31 heavy (non-hydrogen) atoms. The van der Waals surface area contributed by atoms with Gasteiger partial charge in [-0.2, -0.15) is 10.2 Å². The summed E-state index contributed by atoms with van der Waals surface area (Å²) in [5, 5.41) is 8.65. The number of amides is 1. The summed E-state index contributed by atoms with van der Waals surface area (Å²) in [5.74, 6) is -0.115. The summed E-state index contributed by atoms with van der Waals surface area (Å²) < 4.78 is 20.5. The fourth-order valence-corrected chi connectivity index (χ4v) is 2.90. The van der Waals surface area contributed by atoms with E-state index in [1.165, 1.54) is 18.3 Å². The van der Waals surface area contributed by atoms with Gasteiger partial charge in [0.2, 0.25) is 0 Å². The van der Waals surface area contributed by atoms with E-state index < -0.39 is 0 Å².